The van der Waals surface area contributed by atoms with Gasteiger partial charge in [0.05, 0.1) is 29.1 Å². The fourth-order valence-corrected chi connectivity index (χ4v) is 2.78. The minimum atomic E-state index is -4.64. The van der Waals surface area contributed by atoms with Crippen LogP contribution >= 0.6 is 0 Å². The third-order valence-electron chi connectivity index (χ3n) is 4.16. The predicted octanol–water partition coefficient (Wildman–Crippen LogP) is 2.71. The minimum Gasteiger partial charge on any atom is -0.368 e. The number of fused-ring (bicyclic) bond motifs is 1. The van der Waals surface area contributed by atoms with Crippen LogP contribution in [0.4, 0.5) is 29.2 Å². The van der Waals surface area contributed by atoms with Crippen molar-refractivity contribution in [2.45, 2.75) is 12.7 Å². The number of alkyl halides is 3. The first-order chi connectivity index (χ1) is 14.1. The van der Waals surface area contributed by atoms with Gasteiger partial charge in [0.25, 0.3) is 5.69 Å². The Labute approximate surface area is 163 Å². The number of aromatic nitrogens is 6. The number of hydrogen-bond donors (Lipinski definition) is 1. The van der Waals surface area contributed by atoms with Crippen molar-refractivity contribution in [2.75, 3.05) is 5.73 Å². The number of nitro groups is 1. The van der Waals surface area contributed by atoms with E-state index in [0.29, 0.717) is 0 Å². The molecule has 0 aliphatic rings. The first-order valence-corrected chi connectivity index (χ1v) is 8.18. The van der Waals surface area contributed by atoms with Crippen molar-refractivity contribution in [1.29, 1.82) is 0 Å². The van der Waals surface area contributed by atoms with Crippen LogP contribution in [0.3, 0.4) is 0 Å². The third-order valence-corrected chi connectivity index (χ3v) is 4.16. The average molecular weight is 422 g/mol. The highest BCUT2D eigenvalue weighted by atomic mass is 19.4. The zero-order valence-corrected chi connectivity index (χ0v) is 14.7. The molecule has 4 rings (SSSR count). The third kappa shape index (κ3) is 3.38. The van der Waals surface area contributed by atoms with Crippen LogP contribution in [0.2, 0.25) is 0 Å². The maximum atomic E-state index is 14.2. The topological polar surface area (TPSA) is 131 Å². The average Bonchev–Trinajstić information content (AvgIpc) is 3.30. The summed E-state index contributed by atoms with van der Waals surface area (Å²) in [4.78, 5) is 18.0. The van der Waals surface area contributed by atoms with Crippen molar-refractivity contribution in [1.82, 2.24) is 29.5 Å². The van der Waals surface area contributed by atoms with Crippen molar-refractivity contribution in [2.24, 2.45) is 0 Å². The van der Waals surface area contributed by atoms with E-state index in [-0.39, 0.29) is 34.9 Å². The molecule has 3 heterocycles. The molecule has 0 saturated carbocycles. The van der Waals surface area contributed by atoms with Gasteiger partial charge in [-0.3, -0.25) is 10.1 Å². The summed E-state index contributed by atoms with van der Waals surface area (Å²) in [6.07, 6.45) is -2.29. The van der Waals surface area contributed by atoms with E-state index in [1.54, 1.807) is 0 Å². The second kappa shape index (κ2) is 6.75. The molecule has 0 spiro atoms. The number of nitrogen functional groups attached to an aromatic ring is 1. The zero-order chi connectivity index (χ0) is 21.6. The molecule has 14 heteroatoms. The maximum Gasteiger partial charge on any atom is 0.435 e. The number of halogens is 4. The Bertz CT molecular complexity index is 1280. The lowest BCUT2D eigenvalue weighted by molar-refractivity contribution is -0.385. The summed E-state index contributed by atoms with van der Waals surface area (Å²) in [5, 5.41) is 18.5. The fourth-order valence-electron chi connectivity index (χ4n) is 2.78. The van der Waals surface area contributed by atoms with Crippen LogP contribution in [0.5, 0.6) is 0 Å². The number of nitrogens with two attached hydrogens (primary N) is 1. The molecular weight excluding hydrogens is 412 g/mol. The number of benzene rings is 1. The molecule has 2 N–H and O–H groups in total. The highest BCUT2D eigenvalue weighted by molar-refractivity contribution is 5.83. The summed E-state index contributed by atoms with van der Waals surface area (Å²) in [6, 6.07) is 3.93. The molecular formula is C16H10F4N8O2. The molecule has 1 aromatic carbocycles. The van der Waals surface area contributed by atoms with Gasteiger partial charge in [-0.05, 0) is 12.1 Å². The fraction of sp³-hybridized carbons (Fsp3) is 0.125. The summed E-state index contributed by atoms with van der Waals surface area (Å²) < 4.78 is 54.9. The highest BCUT2D eigenvalue weighted by Crippen LogP contribution is 2.29. The highest BCUT2D eigenvalue weighted by Gasteiger charge is 2.34. The van der Waals surface area contributed by atoms with Crippen LogP contribution in [-0.4, -0.2) is 34.5 Å². The lowest BCUT2D eigenvalue weighted by atomic mass is 10.2. The smallest absolute Gasteiger partial charge is 0.368 e. The van der Waals surface area contributed by atoms with Gasteiger partial charge in [-0.25, -0.2) is 13.8 Å². The second-order valence-electron chi connectivity index (χ2n) is 6.12. The normalized spacial score (nSPS) is 11.9. The van der Waals surface area contributed by atoms with E-state index in [1.165, 1.54) is 16.9 Å². The van der Waals surface area contributed by atoms with Gasteiger partial charge in [0.1, 0.15) is 5.82 Å². The van der Waals surface area contributed by atoms with Gasteiger partial charge in [0.15, 0.2) is 17.2 Å². The lowest BCUT2D eigenvalue weighted by Gasteiger charge is -2.07. The van der Waals surface area contributed by atoms with Crippen molar-refractivity contribution < 1.29 is 22.5 Å². The SMILES string of the molecule is Nc1nc(-n2ccc(C(F)(F)F)n2)c2cnn(Cc3ccc([N+](=O)[O-])cc3F)c2n1. The molecule has 0 aliphatic heterocycles. The molecule has 4 aromatic rings. The van der Waals surface area contributed by atoms with Crippen molar-refractivity contribution >= 4 is 22.7 Å². The zero-order valence-electron chi connectivity index (χ0n) is 14.7. The Morgan fingerprint density at radius 3 is 2.60 bits per heavy atom. The van der Waals surface area contributed by atoms with Crippen LogP contribution < -0.4 is 5.73 Å². The molecule has 0 radical (unpaired) electrons. The number of nitrogens with zero attached hydrogens (tertiary/aromatic N) is 7. The first-order valence-electron chi connectivity index (χ1n) is 8.18. The summed E-state index contributed by atoms with van der Waals surface area (Å²) in [7, 11) is 0. The number of non-ortho nitro benzene ring substituents is 1. The second-order valence-corrected chi connectivity index (χ2v) is 6.12. The van der Waals surface area contributed by atoms with Crippen LogP contribution in [0, 0.1) is 15.9 Å². The van der Waals surface area contributed by atoms with Crippen LogP contribution in [0.25, 0.3) is 16.9 Å². The van der Waals surface area contributed by atoms with Crippen LogP contribution in [0.1, 0.15) is 11.3 Å². The number of nitro benzene ring substituents is 1. The molecule has 0 atom stereocenters. The first kappa shape index (κ1) is 19.2. The monoisotopic (exact) mass is 422 g/mol. The quantitative estimate of drug-likeness (QED) is 0.304. The molecule has 10 nitrogen and oxygen atoms in total. The summed E-state index contributed by atoms with van der Waals surface area (Å²) in [5.41, 5.74) is 4.37. The lowest BCUT2D eigenvalue weighted by Crippen LogP contribution is -2.10. The van der Waals surface area contributed by atoms with Crippen molar-refractivity contribution in [3.63, 3.8) is 0 Å². The van der Waals surface area contributed by atoms with Gasteiger partial charge in [0.2, 0.25) is 5.95 Å². The molecule has 0 bridgehead atoms. The molecule has 0 fully saturated rings. The van der Waals surface area contributed by atoms with Crippen LogP contribution in [0.15, 0.2) is 36.7 Å². The van der Waals surface area contributed by atoms with E-state index in [0.717, 1.165) is 29.1 Å². The van der Waals surface area contributed by atoms with Gasteiger partial charge < -0.3 is 5.73 Å². The number of anilines is 1. The minimum absolute atomic E-state index is 0.0385. The Balaban J connectivity index is 1.76. The Morgan fingerprint density at radius 2 is 1.97 bits per heavy atom. The number of hydrogen-bond acceptors (Lipinski definition) is 7. The Morgan fingerprint density at radius 1 is 1.20 bits per heavy atom. The van der Waals surface area contributed by atoms with E-state index in [9.17, 15) is 27.7 Å². The summed E-state index contributed by atoms with van der Waals surface area (Å²) in [5.74, 6) is -1.12. The predicted molar refractivity (Wildman–Crippen MR) is 94.0 cm³/mol. The molecule has 30 heavy (non-hydrogen) atoms. The Hall–Kier alpha value is -4.10. The maximum absolute atomic E-state index is 14.2. The molecule has 0 unspecified atom stereocenters. The van der Waals surface area contributed by atoms with Gasteiger partial charge in [-0.1, -0.05) is 0 Å². The molecule has 0 aliphatic carbocycles. The molecule has 3 aromatic heterocycles. The van der Waals surface area contributed by atoms with E-state index < -0.39 is 28.3 Å². The van der Waals surface area contributed by atoms with Gasteiger partial charge in [-0.2, -0.15) is 33.3 Å². The Kier molecular flexibility index (Phi) is 4.33. The summed E-state index contributed by atoms with van der Waals surface area (Å²) in [6.45, 7) is -0.157. The van der Waals surface area contributed by atoms with Crippen molar-refractivity contribution in [3.8, 4) is 5.82 Å². The number of rotatable bonds is 4. The van der Waals surface area contributed by atoms with E-state index in [2.05, 4.69) is 20.2 Å². The van der Waals surface area contributed by atoms with Gasteiger partial charge in [-0.15, -0.1) is 0 Å². The largest absolute Gasteiger partial charge is 0.435 e. The van der Waals surface area contributed by atoms with E-state index in [1.807, 2.05) is 0 Å². The molecule has 154 valence electrons. The van der Waals surface area contributed by atoms with Crippen molar-refractivity contribution in [3.05, 3.63) is 63.8 Å². The molecule has 0 saturated heterocycles. The van der Waals surface area contributed by atoms with Crippen LogP contribution in [-0.2, 0) is 12.7 Å². The van der Waals surface area contributed by atoms with Gasteiger partial charge >= 0.3 is 6.18 Å². The van der Waals surface area contributed by atoms with Gasteiger partial charge in [0, 0.05) is 17.8 Å². The van der Waals surface area contributed by atoms with E-state index >= 15 is 0 Å². The summed E-state index contributed by atoms with van der Waals surface area (Å²) >= 11 is 0. The standard InChI is InChI=1S/C16H10F4N8O2/c17-11-5-9(28(29)30)2-1-8(11)7-27-14-10(6-22-27)13(23-15(21)24-14)26-4-3-12(25-26)16(18,19)20/h1-6H,7H2,(H2,21,23,24). The van der Waals surface area contributed by atoms with E-state index in [4.69, 9.17) is 5.73 Å². The molecule has 0 amide bonds.